The summed E-state index contributed by atoms with van der Waals surface area (Å²) in [7, 11) is 0. The molecule has 0 aliphatic carbocycles. The number of hydrogen-bond acceptors (Lipinski definition) is 5. The fourth-order valence-corrected chi connectivity index (χ4v) is 3.77. The Balaban J connectivity index is 1.37. The first-order valence-electron chi connectivity index (χ1n) is 10.2. The molecule has 1 N–H and O–H groups in total. The Kier molecular flexibility index (Phi) is 5.50. The molecule has 162 valence electrons. The lowest BCUT2D eigenvalue weighted by Crippen LogP contribution is -2.51. The number of carbonyl (C=O) groups is 4. The molecular weight excluding hydrogens is 400 g/mol. The van der Waals surface area contributed by atoms with Crippen LogP contribution < -0.4 is 5.32 Å². The highest BCUT2D eigenvalue weighted by atomic mass is 16.3. The molecule has 0 spiro atoms. The number of carbonyl (C=O) groups excluding carboxylic acids is 4. The van der Waals surface area contributed by atoms with Gasteiger partial charge in [0.1, 0.15) is 0 Å². The van der Waals surface area contributed by atoms with E-state index in [1.54, 1.807) is 40.1 Å². The summed E-state index contributed by atoms with van der Waals surface area (Å²) >= 11 is 0. The van der Waals surface area contributed by atoms with Crippen LogP contribution in [-0.2, 0) is 0 Å². The maximum Gasteiger partial charge on any atom is 0.321 e. The number of imide groups is 1. The average molecular weight is 424 g/mol. The van der Waals surface area contributed by atoms with Crippen molar-refractivity contribution in [2.24, 2.45) is 5.92 Å². The maximum atomic E-state index is 12.7. The molecule has 5 amide bonds. The number of urea groups is 1. The van der Waals surface area contributed by atoms with Gasteiger partial charge in [0.25, 0.3) is 17.7 Å². The van der Waals surface area contributed by atoms with Gasteiger partial charge in [0.15, 0.2) is 5.76 Å². The third-order valence-corrected chi connectivity index (χ3v) is 5.36. The molecule has 2 aliphatic heterocycles. The maximum absolute atomic E-state index is 12.7. The van der Waals surface area contributed by atoms with Crippen molar-refractivity contribution in [3.63, 3.8) is 0 Å². The van der Waals surface area contributed by atoms with Gasteiger partial charge in [0.2, 0.25) is 0 Å². The molecule has 0 atom stereocenters. The molecule has 9 nitrogen and oxygen atoms in total. The lowest BCUT2D eigenvalue weighted by Gasteiger charge is -2.34. The van der Waals surface area contributed by atoms with Crippen molar-refractivity contribution >= 4 is 29.4 Å². The molecule has 4 rings (SSSR count). The van der Waals surface area contributed by atoms with Gasteiger partial charge < -0.3 is 19.5 Å². The van der Waals surface area contributed by atoms with Crippen LogP contribution in [0.5, 0.6) is 0 Å². The van der Waals surface area contributed by atoms with Gasteiger partial charge >= 0.3 is 6.03 Å². The number of nitrogens with zero attached hydrogens (tertiary/aromatic N) is 3. The molecule has 0 radical (unpaired) electrons. The predicted octanol–water partition coefficient (Wildman–Crippen LogP) is 2.52. The molecule has 2 aromatic rings. The molecule has 31 heavy (non-hydrogen) atoms. The second kappa shape index (κ2) is 8.25. The van der Waals surface area contributed by atoms with Crippen LogP contribution >= 0.6 is 0 Å². The highest BCUT2D eigenvalue weighted by molar-refractivity contribution is 6.21. The first-order chi connectivity index (χ1) is 14.8. The Hall–Kier alpha value is -3.62. The topological polar surface area (TPSA) is 103 Å². The van der Waals surface area contributed by atoms with Gasteiger partial charge in [-0.2, -0.15) is 0 Å². The van der Waals surface area contributed by atoms with Crippen LogP contribution in [0.4, 0.5) is 10.5 Å². The van der Waals surface area contributed by atoms with E-state index in [-0.39, 0.29) is 35.4 Å². The first-order valence-corrected chi connectivity index (χ1v) is 10.2. The average Bonchev–Trinajstić information content (AvgIpc) is 3.37. The Morgan fingerprint density at radius 2 is 1.68 bits per heavy atom. The van der Waals surface area contributed by atoms with Crippen molar-refractivity contribution in [3.8, 4) is 0 Å². The van der Waals surface area contributed by atoms with Crippen molar-refractivity contribution in [2.45, 2.75) is 13.8 Å². The predicted molar refractivity (Wildman–Crippen MR) is 112 cm³/mol. The van der Waals surface area contributed by atoms with Crippen LogP contribution in [0.1, 0.15) is 45.1 Å². The second-order valence-electron chi connectivity index (χ2n) is 8.06. The summed E-state index contributed by atoms with van der Waals surface area (Å²) in [6.07, 6.45) is 1.45. The van der Waals surface area contributed by atoms with Crippen LogP contribution in [0, 0.1) is 5.92 Å². The van der Waals surface area contributed by atoms with Crippen molar-refractivity contribution < 1.29 is 23.6 Å². The fourth-order valence-electron chi connectivity index (χ4n) is 3.77. The summed E-state index contributed by atoms with van der Waals surface area (Å²) in [6, 6.07) is 7.70. The largest absolute Gasteiger partial charge is 0.459 e. The van der Waals surface area contributed by atoms with Crippen molar-refractivity contribution in [3.05, 3.63) is 53.5 Å². The molecule has 1 aromatic heterocycles. The number of anilines is 1. The van der Waals surface area contributed by atoms with Gasteiger partial charge in [-0.05, 0) is 36.2 Å². The van der Waals surface area contributed by atoms with Gasteiger partial charge in [-0.3, -0.25) is 19.3 Å². The first kappa shape index (κ1) is 20.6. The normalized spacial score (nSPS) is 16.2. The Morgan fingerprint density at radius 3 is 2.32 bits per heavy atom. The standard InChI is InChI=1S/C22H24N4O5/c1-14(2)13-26-19(27)16-6-5-15(12-17(16)20(26)28)23-22(30)25-9-7-24(8-10-25)21(29)18-4-3-11-31-18/h3-6,11-12,14H,7-10,13H2,1-2H3,(H,23,30). The number of nitrogens with one attached hydrogen (secondary N) is 1. The number of amides is 5. The van der Waals surface area contributed by atoms with Crippen molar-refractivity contribution in [1.29, 1.82) is 0 Å². The molecule has 9 heteroatoms. The summed E-state index contributed by atoms with van der Waals surface area (Å²) in [5.41, 5.74) is 1.11. The summed E-state index contributed by atoms with van der Waals surface area (Å²) in [6.45, 7) is 5.79. The van der Waals surface area contributed by atoms with Gasteiger partial charge in [-0.1, -0.05) is 13.8 Å². The second-order valence-corrected chi connectivity index (χ2v) is 8.06. The van der Waals surface area contributed by atoms with E-state index in [9.17, 15) is 19.2 Å². The summed E-state index contributed by atoms with van der Waals surface area (Å²) in [5, 5.41) is 2.79. The summed E-state index contributed by atoms with van der Waals surface area (Å²) < 4.78 is 5.14. The van der Waals surface area contributed by atoms with E-state index in [4.69, 9.17) is 4.42 Å². The highest BCUT2D eigenvalue weighted by Gasteiger charge is 2.36. The van der Waals surface area contributed by atoms with E-state index in [1.165, 1.54) is 11.2 Å². The van der Waals surface area contributed by atoms with Gasteiger partial charge in [-0.25, -0.2) is 4.79 Å². The quantitative estimate of drug-likeness (QED) is 0.760. The number of piperazine rings is 1. The molecule has 1 saturated heterocycles. The van der Waals surface area contributed by atoms with Gasteiger partial charge in [0, 0.05) is 38.4 Å². The van der Waals surface area contributed by atoms with Crippen molar-refractivity contribution in [2.75, 3.05) is 38.0 Å². The van der Waals surface area contributed by atoms with Crippen LogP contribution in [-0.4, -0.2) is 71.2 Å². The van der Waals surface area contributed by atoms with Crippen LogP contribution in [0.25, 0.3) is 0 Å². The molecule has 0 saturated carbocycles. The van der Waals surface area contributed by atoms with E-state index < -0.39 is 0 Å². The zero-order valence-electron chi connectivity index (χ0n) is 17.5. The van der Waals surface area contributed by atoms with Gasteiger partial charge in [-0.15, -0.1) is 0 Å². The minimum Gasteiger partial charge on any atom is -0.459 e. The van der Waals surface area contributed by atoms with Crippen molar-refractivity contribution in [1.82, 2.24) is 14.7 Å². The highest BCUT2D eigenvalue weighted by Crippen LogP contribution is 2.26. The zero-order chi connectivity index (χ0) is 22.1. The third kappa shape index (κ3) is 4.03. The SMILES string of the molecule is CC(C)CN1C(=O)c2ccc(NC(=O)N3CCN(C(=O)c4ccco4)CC3)cc2C1=O. The molecule has 1 aromatic carbocycles. The number of benzene rings is 1. The zero-order valence-corrected chi connectivity index (χ0v) is 17.5. The van der Waals surface area contributed by atoms with Crippen LogP contribution in [0.15, 0.2) is 41.0 Å². The van der Waals surface area contributed by atoms with Gasteiger partial charge in [0.05, 0.1) is 17.4 Å². The Labute approximate surface area is 179 Å². The van der Waals surface area contributed by atoms with E-state index >= 15 is 0 Å². The van der Waals surface area contributed by atoms with E-state index in [0.29, 0.717) is 49.5 Å². The summed E-state index contributed by atoms with van der Waals surface area (Å²) in [4.78, 5) is 54.6. The molecule has 3 heterocycles. The van der Waals surface area contributed by atoms with E-state index in [2.05, 4.69) is 5.32 Å². The minimum absolute atomic E-state index is 0.166. The minimum atomic E-state index is -0.338. The fraction of sp³-hybridized carbons (Fsp3) is 0.364. The smallest absolute Gasteiger partial charge is 0.321 e. The lowest BCUT2D eigenvalue weighted by molar-refractivity contribution is 0.0630. The molecular formula is C22H24N4O5. The molecule has 0 bridgehead atoms. The number of furan rings is 1. The van der Waals surface area contributed by atoms with E-state index in [0.717, 1.165) is 0 Å². The lowest BCUT2D eigenvalue weighted by atomic mass is 10.1. The summed E-state index contributed by atoms with van der Waals surface area (Å²) in [5.74, 6) is -0.391. The van der Waals surface area contributed by atoms with Crippen LogP contribution in [0.2, 0.25) is 0 Å². The number of hydrogen-bond donors (Lipinski definition) is 1. The number of rotatable bonds is 4. The van der Waals surface area contributed by atoms with E-state index in [1.807, 2.05) is 13.8 Å². The molecule has 1 fully saturated rings. The van der Waals surface area contributed by atoms with Crippen LogP contribution in [0.3, 0.4) is 0 Å². The number of fused-ring (bicyclic) bond motifs is 1. The third-order valence-electron chi connectivity index (χ3n) is 5.36. The molecule has 2 aliphatic rings. The monoisotopic (exact) mass is 424 g/mol. The Morgan fingerprint density at radius 1 is 1.00 bits per heavy atom. The molecule has 0 unspecified atom stereocenters. The Bertz CT molecular complexity index is 1020.